The van der Waals surface area contributed by atoms with Gasteiger partial charge in [-0.3, -0.25) is 19.3 Å². The fourth-order valence-electron chi connectivity index (χ4n) is 4.69. The Balaban J connectivity index is 1.24. The van der Waals surface area contributed by atoms with Crippen LogP contribution in [0.4, 0.5) is 11.4 Å². The molecule has 0 spiro atoms. The van der Waals surface area contributed by atoms with Crippen molar-refractivity contribution in [3.63, 3.8) is 0 Å². The van der Waals surface area contributed by atoms with Gasteiger partial charge in [0.2, 0.25) is 11.8 Å². The molecule has 2 fully saturated rings. The van der Waals surface area contributed by atoms with E-state index in [1.165, 1.54) is 0 Å². The third-order valence-corrected chi connectivity index (χ3v) is 6.85. The van der Waals surface area contributed by atoms with Gasteiger partial charge < -0.3 is 25.0 Å². The molecule has 2 aliphatic heterocycles. The normalized spacial score (nSPS) is 18.1. The largest absolute Gasteiger partial charge is 0.484 e. The average Bonchev–Trinajstić information content (AvgIpc) is 3.31. The fourth-order valence-corrected chi connectivity index (χ4v) is 4.69. The zero-order valence-corrected chi connectivity index (χ0v) is 21.6. The summed E-state index contributed by atoms with van der Waals surface area (Å²) in [5.41, 5.74) is 3.63. The van der Waals surface area contributed by atoms with Gasteiger partial charge in [0.15, 0.2) is 6.61 Å². The molecule has 3 amide bonds. The molecule has 0 bridgehead atoms. The quantitative estimate of drug-likeness (QED) is 0.511. The lowest BCUT2D eigenvalue weighted by Crippen LogP contribution is -2.42. The molecule has 0 aliphatic carbocycles. The fraction of sp³-hybridized carbons (Fsp3) is 0.464. The van der Waals surface area contributed by atoms with Gasteiger partial charge in [0.1, 0.15) is 5.75 Å². The van der Waals surface area contributed by atoms with E-state index in [0.717, 1.165) is 56.1 Å². The van der Waals surface area contributed by atoms with E-state index < -0.39 is 0 Å². The molecule has 37 heavy (non-hydrogen) atoms. The number of benzene rings is 2. The number of hydrogen-bond donors (Lipinski definition) is 2. The Hall–Kier alpha value is -3.43. The van der Waals surface area contributed by atoms with E-state index in [4.69, 9.17) is 9.47 Å². The minimum Gasteiger partial charge on any atom is -0.484 e. The highest BCUT2D eigenvalue weighted by atomic mass is 16.5. The lowest BCUT2D eigenvalue weighted by atomic mass is 10.1. The standard InChI is InChI=1S/C28H36N4O5/c1-3-21-6-4-5-20(2)27(21)30-25(33)19-37-24-9-7-23(8-10-24)32-18-22(17-26(32)34)28(35)29-11-12-31-13-15-36-16-14-31/h4-10,22H,3,11-19H2,1-2H3,(H,29,35)(H,30,33)/t22-/m0/s1. The van der Waals surface area contributed by atoms with Gasteiger partial charge in [-0.25, -0.2) is 0 Å². The number of ether oxygens (including phenoxy) is 2. The van der Waals surface area contributed by atoms with Crippen molar-refractivity contribution in [1.29, 1.82) is 0 Å². The van der Waals surface area contributed by atoms with Crippen LogP contribution in [-0.2, 0) is 25.5 Å². The SMILES string of the molecule is CCc1cccc(C)c1NC(=O)COc1ccc(N2C[C@@H](C(=O)NCCN3CCOCC3)CC2=O)cc1. The van der Waals surface area contributed by atoms with Crippen molar-refractivity contribution in [3.05, 3.63) is 53.6 Å². The number of morpholine rings is 1. The van der Waals surface area contributed by atoms with Crippen molar-refractivity contribution in [2.24, 2.45) is 5.92 Å². The molecule has 1 atom stereocenters. The van der Waals surface area contributed by atoms with Gasteiger partial charge in [0.05, 0.1) is 19.1 Å². The zero-order valence-electron chi connectivity index (χ0n) is 21.6. The van der Waals surface area contributed by atoms with E-state index in [1.54, 1.807) is 29.2 Å². The molecule has 198 valence electrons. The van der Waals surface area contributed by atoms with Crippen molar-refractivity contribution in [3.8, 4) is 5.75 Å². The summed E-state index contributed by atoms with van der Waals surface area (Å²) < 4.78 is 11.0. The number of nitrogens with one attached hydrogen (secondary N) is 2. The molecule has 2 saturated heterocycles. The van der Waals surface area contributed by atoms with Crippen LogP contribution in [0.15, 0.2) is 42.5 Å². The lowest BCUT2D eigenvalue weighted by Gasteiger charge is -2.26. The third kappa shape index (κ3) is 7.08. The zero-order chi connectivity index (χ0) is 26.2. The van der Waals surface area contributed by atoms with Crippen LogP contribution in [0.2, 0.25) is 0 Å². The van der Waals surface area contributed by atoms with E-state index in [2.05, 4.69) is 22.5 Å². The number of para-hydroxylation sites is 1. The third-order valence-electron chi connectivity index (χ3n) is 6.85. The second-order valence-electron chi connectivity index (χ2n) is 9.44. The summed E-state index contributed by atoms with van der Waals surface area (Å²) in [7, 11) is 0. The molecule has 2 heterocycles. The summed E-state index contributed by atoms with van der Waals surface area (Å²) >= 11 is 0. The van der Waals surface area contributed by atoms with Crippen LogP contribution in [0, 0.1) is 12.8 Å². The van der Waals surface area contributed by atoms with Crippen LogP contribution in [0.1, 0.15) is 24.5 Å². The number of aryl methyl sites for hydroxylation is 2. The first kappa shape index (κ1) is 26.6. The van der Waals surface area contributed by atoms with Crippen molar-refractivity contribution < 1.29 is 23.9 Å². The number of carbonyl (C=O) groups is 3. The first-order valence-corrected chi connectivity index (χ1v) is 12.9. The van der Waals surface area contributed by atoms with Crippen LogP contribution >= 0.6 is 0 Å². The second-order valence-corrected chi connectivity index (χ2v) is 9.44. The Morgan fingerprint density at radius 1 is 1.11 bits per heavy atom. The number of carbonyl (C=O) groups excluding carboxylic acids is 3. The maximum absolute atomic E-state index is 12.6. The Bertz CT molecular complexity index is 1100. The molecule has 2 N–H and O–H groups in total. The number of anilines is 2. The van der Waals surface area contributed by atoms with Gasteiger partial charge in [-0.15, -0.1) is 0 Å². The molecular weight excluding hydrogens is 472 g/mol. The second kappa shape index (κ2) is 12.7. The molecule has 2 aromatic rings. The molecule has 2 aromatic carbocycles. The van der Waals surface area contributed by atoms with Crippen LogP contribution in [-0.4, -0.2) is 75.2 Å². The molecular formula is C28H36N4O5. The highest BCUT2D eigenvalue weighted by Crippen LogP contribution is 2.27. The Labute approximate surface area is 218 Å². The summed E-state index contributed by atoms with van der Waals surface area (Å²) in [5.74, 6) is -0.235. The Morgan fingerprint density at radius 2 is 1.86 bits per heavy atom. The van der Waals surface area contributed by atoms with Crippen LogP contribution in [0.5, 0.6) is 5.75 Å². The molecule has 0 radical (unpaired) electrons. The van der Waals surface area contributed by atoms with Crippen molar-refractivity contribution >= 4 is 29.1 Å². The minimum absolute atomic E-state index is 0.0775. The summed E-state index contributed by atoms with van der Waals surface area (Å²) in [6.07, 6.45) is 1.02. The number of rotatable bonds is 10. The smallest absolute Gasteiger partial charge is 0.262 e. The van der Waals surface area contributed by atoms with Crippen LogP contribution in [0.3, 0.4) is 0 Å². The highest BCUT2D eigenvalue weighted by Gasteiger charge is 2.35. The van der Waals surface area contributed by atoms with E-state index >= 15 is 0 Å². The first-order valence-electron chi connectivity index (χ1n) is 12.9. The van der Waals surface area contributed by atoms with Gasteiger partial charge >= 0.3 is 0 Å². The maximum Gasteiger partial charge on any atom is 0.262 e. The summed E-state index contributed by atoms with van der Waals surface area (Å²) in [5, 5.41) is 5.92. The summed E-state index contributed by atoms with van der Waals surface area (Å²) in [4.78, 5) is 41.6. The molecule has 9 nitrogen and oxygen atoms in total. The average molecular weight is 509 g/mol. The first-order chi connectivity index (χ1) is 17.9. The highest BCUT2D eigenvalue weighted by molar-refractivity contribution is 6.00. The Kier molecular flexibility index (Phi) is 9.14. The predicted octanol–water partition coefficient (Wildman–Crippen LogP) is 2.38. The molecule has 0 saturated carbocycles. The van der Waals surface area contributed by atoms with E-state index in [-0.39, 0.29) is 36.7 Å². The van der Waals surface area contributed by atoms with Gasteiger partial charge in [-0.2, -0.15) is 0 Å². The van der Waals surface area contributed by atoms with E-state index in [1.807, 2.05) is 25.1 Å². The maximum atomic E-state index is 12.6. The summed E-state index contributed by atoms with van der Waals surface area (Å²) in [6, 6.07) is 13.0. The van der Waals surface area contributed by atoms with Gasteiger partial charge in [-0.05, 0) is 48.7 Å². The van der Waals surface area contributed by atoms with Crippen LogP contribution < -0.4 is 20.3 Å². The molecule has 2 aliphatic rings. The van der Waals surface area contributed by atoms with E-state index in [9.17, 15) is 14.4 Å². The number of nitrogens with zero attached hydrogens (tertiary/aromatic N) is 2. The molecule has 9 heteroatoms. The van der Waals surface area contributed by atoms with Gasteiger partial charge in [0, 0.05) is 50.5 Å². The van der Waals surface area contributed by atoms with Crippen molar-refractivity contribution in [2.75, 3.05) is 62.8 Å². The molecule has 0 aromatic heterocycles. The summed E-state index contributed by atoms with van der Waals surface area (Å²) in [6.45, 7) is 8.80. The minimum atomic E-state index is -0.369. The monoisotopic (exact) mass is 508 g/mol. The number of amides is 3. The topological polar surface area (TPSA) is 100 Å². The molecule has 0 unspecified atom stereocenters. The van der Waals surface area contributed by atoms with E-state index in [0.29, 0.717) is 24.5 Å². The molecule has 4 rings (SSSR count). The van der Waals surface area contributed by atoms with Crippen LogP contribution in [0.25, 0.3) is 0 Å². The number of hydrogen-bond acceptors (Lipinski definition) is 6. The van der Waals surface area contributed by atoms with Crippen molar-refractivity contribution in [1.82, 2.24) is 10.2 Å². The predicted molar refractivity (Wildman–Crippen MR) is 142 cm³/mol. The van der Waals surface area contributed by atoms with Gasteiger partial charge in [-0.1, -0.05) is 25.1 Å². The van der Waals surface area contributed by atoms with Crippen molar-refractivity contribution in [2.45, 2.75) is 26.7 Å². The van der Waals surface area contributed by atoms with Gasteiger partial charge in [0.25, 0.3) is 5.91 Å². The lowest BCUT2D eigenvalue weighted by molar-refractivity contribution is -0.126. The Morgan fingerprint density at radius 3 is 2.59 bits per heavy atom.